The van der Waals surface area contributed by atoms with Crippen molar-refractivity contribution in [3.63, 3.8) is 0 Å². The molecule has 0 fully saturated rings. The number of phenols is 1. The van der Waals surface area contributed by atoms with Gasteiger partial charge in [0.25, 0.3) is 0 Å². The molecule has 0 heterocycles. The van der Waals surface area contributed by atoms with Gasteiger partial charge in [0.15, 0.2) is 0 Å². The van der Waals surface area contributed by atoms with Crippen LogP contribution in [0.15, 0.2) is 48.5 Å². The van der Waals surface area contributed by atoms with E-state index in [1.54, 1.807) is 66.7 Å². The SMILES string of the molecule is Cc1cccc(C(C(=O)NCc2ccccc2)N(C(=O)CNC(=O)OC(C)(C)C)C(C)(C)C)c1O. The van der Waals surface area contributed by atoms with Crippen LogP contribution in [0, 0.1) is 6.92 Å². The number of phenolic OH excluding ortho intramolecular Hbond substituents is 1. The Morgan fingerprint density at radius 1 is 0.943 bits per heavy atom. The fraction of sp³-hybridized carbons (Fsp3) is 0.444. The van der Waals surface area contributed by atoms with Gasteiger partial charge in [0.2, 0.25) is 11.8 Å². The Bertz CT molecular complexity index is 1040. The lowest BCUT2D eigenvalue weighted by atomic mass is 9.94. The van der Waals surface area contributed by atoms with Gasteiger partial charge < -0.3 is 25.4 Å². The average molecular weight is 484 g/mol. The minimum absolute atomic E-state index is 0.0606. The predicted molar refractivity (Wildman–Crippen MR) is 135 cm³/mol. The predicted octanol–water partition coefficient (Wildman–Crippen LogP) is 4.21. The van der Waals surface area contributed by atoms with E-state index < -0.39 is 35.1 Å². The number of alkyl carbamates (subject to hydrolysis) is 1. The van der Waals surface area contributed by atoms with E-state index >= 15 is 0 Å². The third-order valence-electron chi connectivity index (χ3n) is 5.15. The molecule has 0 aromatic heterocycles. The Morgan fingerprint density at radius 2 is 1.57 bits per heavy atom. The molecule has 2 rings (SSSR count). The lowest BCUT2D eigenvalue weighted by molar-refractivity contribution is -0.146. The van der Waals surface area contributed by atoms with Crippen LogP contribution in [-0.4, -0.2) is 45.6 Å². The molecule has 8 heteroatoms. The van der Waals surface area contributed by atoms with Crippen molar-refractivity contribution in [3.05, 3.63) is 65.2 Å². The van der Waals surface area contributed by atoms with E-state index in [9.17, 15) is 19.5 Å². The minimum Gasteiger partial charge on any atom is -0.507 e. The Labute approximate surface area is 207 Å². The molecule has 0 aliphatic heterocycles. The number of hydrogen-bond donors (Lipinski definition) is 3. The number of carbonyl (C=O) groups excluding carboxylic acids is 3. The summed E-state index contributed by atoms with van der Waals surface area (Å²) in [5.41, 5.74) is 0.239. The lowest BCUT2D eigenvalue weighted by Gasteiger charge is -2.41. The Kier molecular flexibility index (Phi) is 8.90. The first-order valence-corrected chi connectivity index (χ1v) is 11.6. The van der Waals surface area contributed by atoms with Crippen LogP contribution in [0.1, 0.15) is 64.3 Å². The van der Waals surface area contributed by atoms with Crippen LogP contribution in [-0.2, 0) is 20.9 Å². The summed E-state index contributed by atoms with van der Waals surface area (Å²) in [6.07, 6.45) is -0.733. The molecule has 0 saturated heterocycles. The number of benzene rings is 2. The van der Waals surface area contributed by atoms with Crippen LogP contribution in [0.2, 0.25) is 0 Å². The van der Waals surface area contributed by atoms with E-state index in [1.807, 2.05) is 30.3 Å². The fourth-order valence-corrected chi connectivity index (χ4v) is 3.63. The first kappa shape index (κ1) is 27.7. The molecule has 2 aromatic rings. The van der Waals surface area contributed by atoms with Crippen molar-refractivity contribution in [2.24, 2.45) is 0 Å². The standard InChI is InChI=1S/C27H37N3O5/c1-18-12-11-15-20(23(18)32)22(24(33)28-16-19-13-9-8-10-14-19)30(26(2,3)4)21(31)17-29-25(34)35-27(5,6)7/h8-15,22,32H,16-17H2,1-7H3,(H,28,33)(H,29,34). The van der Waals surface area contributed by atoms with E-state index in [0.29, 0.717) is 11.1 Å². The molecule has 3 N–H and O–H groups in total. The minimum atomic E-state index is -1.13. The molecule has 0 saturated carbocycles. The number of hydrogen-bond acceptors (Lipinski definition) is 5. The summed E-state index contributed by atoms with van der Waals surface area (Å²) in [5, 5.41) is 16.2. The van der Waals surface area contributed by atoms with Gasteiger partial charge in [-0.05, 0) is 59.6 Å². The highest BCUT2D eigenvalue weighted by molar-refractivity contribution is 5.91. The highest BCUT2D eigenvalue weighted by Crippen LogP contribution is 2.35. The number of para-hydroxylation sites is 1. The largest absolute Gasteiger partial charge is 0.507 e. The molecule has 190 valence electrons. The van der Waals surface area contributed by atoms with Gasteiger partial charge in [-0.25, -0.2) is 4.79 Å². The van der Waals surface area contributed by atoms with E-state index in [0.717, 1.165) is 5.56 Å². The lowest BCUT2D eigenvalue weighted by Crippen LogP contribution is -2.55. The second-order valence-electron chi connectivity index (χ2n) is 10.4. The number of nitrogens with zero attached hydrogens (tertiary/aromatic N) is 1. The summed E-state index contributed by atoms with van der Waals surface area (Å²) in [5.74, 6) is -1.01. The molecular formula is C27H37N3O5. The number of carbonyl (C=O) groups is 3. The summed E-state index contributed by atoms with van der Waals surface area (Å²) < 4.78 is 5.23. The number of aromatic hydroxyl groups is 1. The maximum Gasteiger partial charge on any atom is 0.408 e. The summed E-state index contributed by atoms with van der Waals surface area (Å²) in [4.78, 5) is 40.5. The first-order chi connectivity index (χ1) is 16.2. The molecule has 1 atom stereocenters. The van der Waals surface area contributed by atoms with Crippen LogP contribution in [0.25, 0.3) is 0 Å². The summed E-state index contributed by atoms with van der Waals surface area (Å²) >= 11 is 0. The number of aryl methyl sites for hydroxylation is 1. The van der Waals surface area contributed by atoms with Gasteiger partial charge in [-0.15, -0.1) is 0 Å². The number of rotatable bonds is 7. The first-order valence-electron chi connectivity index (χ1n) is 11.6. The molecule has 35 heavy (non-hydrogen) atoms. The topological polar surface area (TPSA) is 108 Å². The normalized spacial score (nSPS) is 12.4. The van der Waals surface area contributed by atoms with E-state index in [4.69, 9.17) is 4.74 Å². The highest BCUT2D eigenvalue weighted by Gasteiger charge is 2.39. The molecule has 0 aliphatic carbocycles. The highest BCUT2D eigenvalue weighted by atomic mass is 16.6. The van der Waals surface area contributed by atoms with Crippen molar-refractivity contribution in [1.82, 2.24) is 15.5 Å². The van der Waals surface area contributed by atoms with Gasteiger partial charge in [0.1, 0.15) is 23.9 Å². The molecule has 0 aliphatic rings. The van der Waals surface area contributed by atoms with E-state index in [1.165, 1.54) is 4.90 Å². The summed E-state index contributed by atoms with van der Waals surface area (Å²) in [7, 11) is 0. The number of nitrogens with one attached hydrogen (secondary N) is 2. The van der Waals surface area contributed by atoms with Crippen LogP contribution < -0.4 is 10.6 Å². The average Bonchev–Trinajstić information content (AvgIpc) is 2.75. The zero-order valence-corrected chi connectivity index (χ0v) is 21.6. The maximum atomic E-state index is 13.6. The van der Waals surface area contributed by atoms with Crippen molar-refractivity contribution in [3.8, 4) is 5.75 Å². The second-order valence-corrected chi connectivity index (χ2v) is 10.4. The van der Waals surface area contributed by atoms with Crippen molar-refractivity contribution < 1.29 is 24.2 Å². The van der Waals surface area contributed by atoms with Crippen molar-refractivity contribution in [1.29, 1.82) is 0 Å². The van der Waals surface area contributed by atoms with Gasteiger partial charge in [0, 0.05) is 17.6 Å². The number of amides is 3. The molecule has 8 nitrogen and oxygen atoms in total. The molecule has 0 spiro atoms. The smallest absolute Gasteiger partial charge is 0.408 e. The molecule has 0 radical (unpaired) electrons. The third-order valence-corrected chi connectivity index (χ3v) is 5.15. The molecule has 1 unspecified atom stereocenters. The Hall–Kier alpha value is -3.55. The summed E-state index contributed by atoms with van der Waals surface area (Å²) in [6, 6.07) is 13.4. The van der Waals surface area contributed by atoms with Crippen LogP contribution in [0.3, 0.4) is 0 Å². The van der Waals surface area contributed by atoms with Gasteiger partial charge in [-0.2, -0.15) is 0 Å². The van der Waals surface area contributed by atoms with Crippen LogP contribution >= 0.6 is 0 Å². The Balaban J connectivity index is 2.40. The van der Waals surface area contributed by atoms with Gasteiger partial charge in [-0.1, -0.05) is 48.5 Å². The second kappa shape index (κ2) is 11.3. The van der Waals surface area contributed by atoms with Crippen molar-refractivity contribution in [2.75, 3.05) is 6.54 Å². The van der Waals surface area contributed by atoms with Crippen LogP contribution in [0.5, 0.6) is 5.75 Å². The zero-order valence-electron chi connectivity index (χ0n) is 21.6. The zero-order chi connectivity index (χ0) is 26.4. The quantitative estimate of drug-likeness (QED) is 0.547. The molecule has 2 aromatic carbocycles. The monoisotopic (exact) mass is 483 g/mol. The van der Waals surface area contributed by atoms with Crippen molar-refractivity contribution >= 4 is 17.9 Å². The fourth-order valence-electron chi connectivity index (χ4n) is 3.63. The van der Waals surface area contributed by atoms with E-state index in [-0.39, 0.29) is 18.8 Å². The van der Waals surface area contributed by atoms with Crippen molar-refractivity contribution in [2.45, 2.75) is 72.2 Å². The maximum absolute atomic E-state index is 13.6. The van der Waals surface area contributed by atoms with Gasteiger partial charge >= 0.3 is 6.09 Å². The third kappa shape index (κ3) is 8.02. The molecule has 0 bridgehead atoms. The van der Waals surface area contributed by atoms with E-state index in [2.05, 4.69) is 10.6 Å². The van der Waals surface area contributed by atoms with Gasteiger partial charge in [0.05, 0.1) is 0 Å². The Morgan fingerprint density at radius 3 is 2.14 bits per heavy atom. The molecule has 3 amide bonds. The molecular weight excluding hydrogens is 446 g/mol. The number of ether oxygens (including phenoxy) is 1. The summed E-state index contributed by atoms with van der Waals surface area (Å²) in [6.45, 7) is 12.2. The van der Waals surface area contributed by atoms with Gasteiger partial charge in [-0.3, -0.25) is 9.59 Å². The van der Waals surface area contributed by atoms with Crippen LogP contribution in [0.4, 0.5) is 4.79 Å².